The topological polar surface area (TPSA) is 81.8 Å². The van der Waals surface area contributed by atoms with Gasteiger partial charge in [0, 0.05) is 11.1 Å². The minimum atomic E-state index is -1.03. The third kappa shape index (κ3) is 4.72. The van der Waals surface area contributed by atoms with E-state index in [4.69, 9.17) is 30.6 Å². The number of hydrogen-bond acceptors (Lipinski definition) is 5. The number of oxazole rings is 1. The Bertz CT molecular complexity index is 849. The number of carboxylic acid groups (broad SMARTS) is 1. The molecule has 8 heteroatoms. The zero-order chi connectivity index (χ0) is 16.4. The predicted molar refractivity (Wildman–Crippen MR) is 90.4 cm³/mol. The molecule has 0 saturated carbocycles. The number of ether oxygens (including phenoxy) is 2. The van der Waals surface area contributed by atoms with Gasteiger partial charge in [0.2, 0.25) is 0 Å². The van der Waals surface area contributed by atoms with Gasteiger partial charge in [-0.05, 0) is 43.3 Å². The Kier molecular flexibility index (Phi) is 6.67. The number of fused-ring (bicyclic) bond motifs is 1. The third-order valence-electron chi connectivity index (χ3n) is 3.02. The van der Waals surface area contributed by atoms with Crippen molar-refractivity contribution in [1.29, 1.82) is 0 Å². The second-order valence-electron chi connectivity index (χ2n) is 4.76. The monoisotopic (exact) mass is 373 g/mol. The van der Waals surface area contributed by atoms with Gasteiger partial charge in [-0.1, -0.05) is 11.6 Å². The van der Waals surface area contributed by atoms with Crippen LogP contribution in [0.25, 0.3) is 11.1 Å². The molecule has 3 rings (SSSR count). The van der Waals surface area contributed by atoms with E-state index >= 15 is 0 Å². The third-order valence-corrected chi connectivity index (χ3v) is 3.26. The first-order chi connectivity index (χ1) is 11.0. The van der Waals surface area contributed by atoms with Crippen molar-refractivity contribution >= 4 is 80.1 Å². The molecule has 0 bridgehead atoms. The summed E-state index contributed by atoms with van der Waals surface area (Å²) in [5, 5.41) is 9.35. The molecule has 120 valence electrons. The van der Waals surface area contributed by atoms with Crippen LogP contribution in [0.1, 0.15) is 6.92 Å². The molecule has 0 amide bonds. The summed E-state index contributed by atoms with van der Waals surface area (Å²) in [7, 11) is 0. The van der Waals surface area contributed by atoms with E-state index in [0.29, 0.717) is 27.6 Å². The number of hydrogen-bond donors (Lipinski definition) is 1. The van der Waals surface area contributed by atoms with Gasteiger partial charge in [-0.2, -0.15) is 4.98 Å². The van der Waals surface area contributed by atoms with E-state index in [0.717, 1.165) is 0 Å². The molecule has 24 heavy (non-hydrogen) atoms. The molecule has 2 aromatic carbocycles. The van der Waals surface area contributed by atoms with Crippen molar-refractivity contribution in [1.82, 2.24) is 4.98 Å². The van der Waals surface area contributed by atoms with Gasteiger partial charge in [0.1, 0.15) is 17.0 Å². The quantitative estimate of drug-likeness (QED) is 0.689. The second kappa shape index (κ2) is 8.33. The summed E-state index contributed by atoms with van der Waals surface area (Å²) in [6, 6.07) is 11.6. The van der Waals surface area contributed by atoms with E-state index in [1.807, 2.05) is 0 Å². The molecule has 0 saturated heterocycles. The van der Waals surface area contributed by atoms with Crippen molar-refractivity contribution in [2.24, 2.45) is 0 Å². The van der Waals surface area contributed by atoms with Crippen LogP contribution in [-0.4, -0.2) is 73.5 Å². The Hall–Kier alpha value is -1.09. The van der Waals surface area contributed by atoms with Gasteiger partial charge < -0.3 is 19.0 Å². The maximum atomic E-state index is 10.7. The van der Waals surface area contributed by atoms with Gasteiger partial charge in [-0.3, -0.25) is 0 Å². The van der Waals surface area contributed by atoms with Crippen LogP contribution in [0.3, 0.4) is 0 Å². The van der Waals surface area contributed by atoms with E-state index in [1.54, 1.807) is 42.5 Å². The van der Waals surface area contributed by atoms with E-state index < -0.39 is 12.1 Å². The van der Waals surface area contributed by atoms with Gasteiger partial charge >= 0.3 is 63.4 Å². The van der Waals surface area contributed by atoms with Crippen molar-refractivity contribution in [3.05, 3.63) is 47.5 Å². The zero-order valence-electron chi connectivity index (χ0n) is 12.0. The first kappa shape index (κ1) is 19.2. The predicted octanol–water partition coefficient (Wildman–Crippen LogP) is 3.48. The standard InChI is InChI=1S/C16H12ClNO5.K.H/c1-9(15(19)20)21-11-3-5-12(6-4-11)22-16-18-13-7-2-10(17)8-14(13)23-16;;/h2-9H,1H3,(H,19,20);;. The summed E-state index contributed by atoms with van der Waals surface area (Å²) in [5.41, 5.74) is 1.17. The molecule has 1 unspecified atom stereocenters. The normalized spacial score (nSPS) is 11.6. The molecule has 0 aliphatic rings. The molecule has 1 aromatic heterocycles. The molecule has 0 aliphatic heterocycles. The molecule has 3 aromatic rings. The van der Waals surface area contributed by atoms with Gasteiger partial charge in [0.15, 0.2) is 11.7 Å². The van der Waals surface area contributed by atoms with Gasteiger partial charge in [-0.15, -0.1) is 0 Å². The molecule has 1 heterocycles. The van der Waals surface area contributed by atoms with Crippen molar-refractivity contribution in [3.63, 3.8) is 0 Å². The van der Waals surface area contributed by atoms with Gasteiger partial charge in [0.05, 0.1) is 0 Å². The van der Waals surface area contributed by atoms with Crippen LogP contribution in [0.2, 0.25) is 5.02 Å². The van der Waals surface area contributed by atoms with Gasteiger partial charge in [-0.25, -0.2) is 4.79 Å². The Morgan fingerprint density at radius 1 is 1.21 bits per heavy atom. The van der Waals surface area contributed by atoms with Crippen LogP contribution in [0.5, 0.6) is 17.6 Å². The fourth-order valence-electron chi connectivity index (χ4n) is 1.86. The number of aliphatic carboxylic acids is 1. The van der Waals surface area contributed by atoms with Gasteiger partial charge in [0.25, 0.3) is 0 Å². The van der Waals surface area contributed by atoms with Crippen LogP contribution in [-0.2, 0) is 4.79 Å². The number of nitrogens with zero attached hydrogens (tertiary/aromatic N) is 1. The average Bonchev–Trinajstić information content (AvgIpc) is 2.90. The number of rotatable bonds is 5. The van der Waals surface area contributed by atoms with Crippen molar-refractivity contribution in [3.8, 4) is 17.6 Å². The average molecular weight is 374 g/mol. The summed E-state index contributed by atoms with van der Waals surface area (Å²) in [4.78, 5) is 14.9. The number of carboxylic acids is 1. The first-order valence-corrected chi connectivity index (χ1v) is 7.12. The van der Waals surface area contributed by atoms with Crippen LogP contribution in [0.15, 0.2) is 46.9 Å². The summed E-state index contributed by atoms with van der Waals surface area (Å²) in [6.45, 7) is 1.45. The van der Waals surface area contributed by atoms with Crippen molar-refractivity contribution in [2.75, 3.05) is 0 Å². The van der Waals surface area contributed by atoms with Crippen molar-refractivity contribution in [2.45, 2.75) is 13.0 Å². The second-order valence-corrected chi connectivity index (χ2v) is 5.20. The van der Waals surface area contributed by atoms with E-state index in [-0.39, 0.29) is 57.5 Å². The molecule has 0 aliphatic carbocycles. The first-order valence-electron chi connectivity index (χ1n) is 6.75. The van der Waals surface area contributed by atoms with E-state index in [2.05, 4.69) is 4.98 Å². The molecule has 1 atom stereocenters. The minimum absolute atomic E-state index is 0. The Morgan fingerprint density at radius 3 is 2.54 bits per heavy atom. The molecule has 1 N–H and O–H groups in total. The summed E-state index contributed by atoms with van der Waals surface area (Å²) >= 11 is 5.88. The number of aromatic nitrogens is 1. The molecular formula is C16H13ClKNO5. The summed E-state index contributed by atoms with van der Waals surface area (Å²) in [5.74, 6) is -0.120. The molecule has 6 nitrogen and oxygen atoms in total. The summed E-state index contributed by atoms with van der Waals surface area (Å²) in [6.07, 6.45) is -0.835. The van der Waals surface area contributed by atoms with Crippen LogP contribution in [0.4, 0.5) is 0 Å². The Balaban J connectivity index is 0.00000208. The van der Waals surface area contributed by atoms with Crippen molar-refractivity contribution < 1.29 is 23.8 Å². The Labute approximate surface area is 185 Å². The molecule has 0 fully saturated rings. The van der Waals surface area contributed by atoms with Crippen LogP contribution >= 0.6 is 11.6 Å². The fraction of sp³-hybridized carbons (Fsp3) is 0.125. The maximum absolute atomic E-state index is 10.7. The number of halogens is 1. The van der Waals surface area contributed by atoms with Crippen LogP contribution in [0, 0.1) is 0 Å². The van der Waals surface area contributed by atoms with Crippen LogP contribution < -0.4 is 9.47 Å². The zero-order valence-corrected chi connectivity index (χ0v) is 12.8. The fourth-order valence-corrected chi connectivity index (χ4v) is 2.02. The summed E-state index contributed by atoms with van der Waals surface area (Å²) < 4.78 is 16.2. The Morgan fingerprint density at radius 2 is 1.88 bits per heavy atom. The SMILES string of the molecule is CC(Oc1ccc(Oc2nc3ccc(Cl)cc3o2)cc1)C(=O)O.[KH]. The molecular weight excluding hydrogens is 361 g/mol. The van der Waals surface area contributed by atoms with E-state index in [9.17, 15) is 4.79 Å². The number of benzene rings is 2. The molecule has 0 radical (unpaired) electrons. The van der Waals surface area contributed by atoms with E-state index in [1.165, 1.54) is 6.92 Å². The molecule has 0 spiro atoms. The number of carbonyl (C=O) groups is 1.